The van der Waals surface area contributed by atoms with Crippen LogP contribution in [0.3, 0.4) is 0 Å². The quantitative estimate of drug-likeness (QED) is 0.0807. The van der Waals surface area contributed by atoms with Crippen molar-refractivity contribution in [2.24, 2.45) is 13.0 Å². The van der Waals surface area contributed by atoms with Crippen molar-refractivity contribution >= 4 is 63.4 Å². The van der Waals surface area contributed by atoms with E-state index in [1.807, 2.05) is 31.4 Å². The van der Waals surface area contributed by atoms with Gasteiger partial charge in [0.05, 0.1) is 34.1 Å². The minimum absolute atomic E-state index is 0.00386. The van der Waals surface area contributed by atoms with Crippen molar-refractivity contribution in [1.29, 1.82) is 5.26 Å². The Hall–Kier alpha value is -5.77. The summed E-state index contributed by atoms with van der Waals surface area (Å²) in [6, 6.07) is 13.3. The molecule has 322 valence electrons. The summed E-state index contributed by atoms with van der Waals surface area (Å²) in [5, 5.41) is 17.7. The highest BCUT2D eigenvalue weighted by molar-refractivity contribution is 7.98. The van der Waals surface area contributed by atoms with E-state index in [0.717, 1.165) is 50.8 Å². The standard InChI is InChI=1S/C43H51F2N11O4S/c1-6-52(4)61-50-37-11-9-34(44)41(33(37)23-46)60-30-8-10-36-31(20-30)43(59)56(25-47-36)29-18-27(19-29)24-54(7-2)28-12-16-55(17-13-28)39-22-38-32(21-35(39)45)42(49-53(38)5)51(3)15-14-40(58)48-26-57/h8-11,20-22,25-29,50H,6-7,12-19,24H2,1-5H3,(H,48,57,58). The zero-order chi connectivity index (χ0) is 43.4. The number of fused-ring (bicyclic) bond motifs is 2. The van der Waals surface area contributed by atoms with E-state index >= 15 is 8.78 Å². The van der Waals surface area contributed by atoms with Gasteiger partial charge in [-0.3, -0.25) is 28.9 Å². The second-order valence-electron chi connectivity index (χ2n) is 15.7. The van der Waals surface area contributed by atoms with Gasteiger partial charge in [-0.1, -0.05) is 13.8 Å². The number of halogens is 2. The van der Waals surface area contributed by atoms with Crippen molar-refractivity contribution in [3.63, 3.8) is 0 Å². The molecule has 0 radical (unpaired) electrons. The molecule has 2 amide bonds. The van der Waals surface area contributed by atoms with E-state index in [1.54, 1.807) is 45.7 Å². The van der Waals surface area contributed by atoms with Gasteiger partial charge in [-0.05, 0) is 87.7 Å². The second-order valence-corrected chi connectivity index (χ2v) is 16.7. The molecular formula is C43H51F2N11O4S. The maximum atomic E-state index is 15.8. The summed E-state index contributed by atoms with van der Waals surface area (Å²) >= 11 is 1.28. The van der Waals surface area contributed by atoms with Crippen LogP contribution in [-0.4, -0.2) is 100 Å². The summed E-state index contributed by atoms with van der Waals surface area (Å²) in [7, 11) is 5.49. The molecule has 0 bridgehead atoms. The van der Waals surface area contributed by atoms with Crippen molar-refractivity contribution in [1.82, 2.24) is 33.9 Å². The number of piperidine rings is 1. The molecule has 2 N–H and O–H groups in total. The SMILES string of the molecule is CCN(C)SNc1ccc(F)c(Oc2ccc3ncn(C4CC(CN(CC)C5CCN(c6cc7c(cc6F)c(N(C)CCC(=O)NC=O)nn7C)CC5)C4)c(=O)c3c2)c1C#N. The number of nitrogens with zero attached hydrogens (tertiary/aromatic N) is 9. The number of hydrogen-bond acceptors (Lipinski definition) is 13. The van der Waals surface area contributed by atoms with Crippen LogP contribution in [0.2, 0.25) is 0 Å². The van der Waals surface area contributed by atoms with Crippen LogP contribution < -0.4 is 30.1 Å². The van der Waals surface area contributed by atoms with Crippen LogP contribution in [0.4, 0.5) is 26.0 Å². The molecule has 1 aliphatic heterocycles. The molecule has 1 saturated heterocycles. The number of imide groups is 1. The van der Waals surface area contributed by atoms with E-state index in [9.17, 15) is 19.6 Å². The second kappa shape index (κ2) is 18.9. The average molecular weight is 856 g/mol. The summed E-state index contributed by atoms with van der Waals surface area (Å²) in [5.74, 6) is -0.441. The van der Waals surface area contributed by atoms with Gasteiger partial charge in [-0.15, -0.1) is 0 Å². The van der Waals surface area contributed by atoms with Crippen LogP contribution in [0.1, 0.15) is 57.6 Å². The lowest BCUT2D eigenvalue weighted by Crippen LogP contribution is -2.48. The van der Waals surface area contributed by atoms with E-state index in [0.29, 0.717) is 71.5 Å². The van der Waals surface area contributed by atoms with E-state index in [4.69, 9.17) is 4.74 Å². The number of carbonyl (C=O) groups is 2. The Kier molecular flexibility index (Phi) is 13.4. The first kappa shape index (κ1) is 43.3. The number of carbonyl (C=O) groups excluding carboxylic acids is 2. The van der Waals surface area contributed by atoms with Crippen LogP contribution >= 0.6 is 12.1 Å². The van der Waals surface area contributed by atoms with E-state index in [2.05, 4.69) is 42.9 Å². The molecule has 7 rings (SSSR count). The Morgan fingerprint density at radius 2 is 1.84 bits per heavy atom. The summed E-state index contributed by atoms with van der Waals surface area (Å²) in [6.07, 6.45) is 5.50. The monoisotopic (exact) mass is 855 g/mol. The number of nitriles is 1. The highest BCUT2D eigenvalue weighted by Gasteiger charge is 2.35. The van der Waals surface area contributed by atoms with E-state index < -0.39 is 11.7 Å². The lowest BCUT2D eigenvalue weighted by atomic mass is 9.79. The number of anilines is 3. The molecule has 2 fully saturated rings. The van der Waals surface area contributed by atoms with Crippen LogP contribution in [0, 0.1) is 28.9 Å². The van der Waals surface area contributed by atoms with Crippen molar-refractivity contribution < 1.29 is 23.1 Å². The first-order valence-electron chi connectivity index (χ1n) is 20.6. The fourth-order valence-corrected chi connectivity index (χ4v) is 8.86. The highest BCUT2D eigenvalue weighted by Crippen LogP contribution is 2.40. The minimum atomic E-state index is -0.693. The number of amides is 2. The molecule has 1 aliphatic carbocycles. The van der Waals surface area contributed by atoms with Gasteiger partial charge in [0.25, 0.3) is 5.56 Å². The molecule has 3 heterocycles. The zero-order valence-corrected chi connectivity index (χ0v) is 35.8. The van der Waals surface area contributed by atoms with E-state index in [1.165, 1.54) is 30.3 Å². The zero-order valence-electron chi connectivity index (χ0n) is 35.0. The Morgan fingerprint density at radius 1 is 1.07 bits per heavy atom. The Labute approximate surface area is 357 Å². The number of rotatable bonds is 17. The number of ether oxygens (including phenoxy) is 1. The predicted molar refractivity (Wildman–Crippen MR) is 234 cm³/mol. The molecule has 18 heteroatoms. The molecule has 0 spiro atoms. The van der Waals surface area contributed by atoms with Crippen LogP contribution in [0.25, 0.3) is 21.8 Å². The summed E-state index contributed by atoms with van der Waals surface area (Å²) in [6.45, 7) is 8.43. The topological polar surface area (TPSA) is 157 Å². The Morgan fingerprint density at radius 3 is 2.54 bits per heavy atom. The predicted octanol–water partition coefficient (Wildman–Crippen LogP) is 6.19. The molecule has 3 aromatic carbocycles. The lowest BCUT2D eigenvalue weighted by Gasteiger charge is -2.44. The molecular weight excluding hydrogens is 805 g/mol. The first-order chi connectivity index (χ1) is 29.4. The number of aromatic nitrogens is 4. The number of hydrogen-bond donors (Lipinski definition) is 2. The van der Waals surface area contributed by atoms with Crippen LogP contribution in [0.5, 0.6) is 11.5 Å². The molecule has 2 aromatic heterocycles. The van der Waals surface area contributed by atoms with Crippen molar-refractivity contribution in [3.8, 4) is 17.6 Å². The third-order valence-corrected chi connectivity index (χ3v) is 12.8. The first-order valence-corrected chi connectivity index (χ1v) is 21.3. The third kappa shape index (κ3) is 9.28. The molecule has 61 heavy (non-hydrogen) atoms. The van der Waals surface area contributed by atoms with E-state index in [-0.39, 0.29) is 40.9 Å². The van der Waals surface area contributed by atoms with Crippen molar-refractivity contribution in [2.75, 3.05) is 67.9 Å². The maximum Gasteiger partial charge on any atom is 0.261 e. The van der Waals surface area contributed by atoms with Crippen molar-refractivity contribution in [2.45, 2.75) is 58.0 Å². The number of benzene rings is 3. The van der Waals surface area contributed by atoms with Gasteiger partial charge in [0.2, 0.25) is 12.3 Å². The molecule has 15 nitrogen and oxygen atoms in total. The molecule has 0 atom stereocenters. The highest BCUT2D eigenvalue weighted by atomic mass is 32.2. The molecule has 2 aliphatic rings. The molecule has 1 saturated carbocycles. The van der Waals surface area contributed by atoms with Gasteiger partial charge >= 0.3 is 0 Å². The van der Waals surface area contributed by atoms with Crippen LogP contribution in [-0.2, 0) is 16.6 Å². The minimum Gasteiger partial charge on any atom is -0.453 e. The van der Waals surface area contributed by atoms with Gasteiger partial charge in [-0.25, -0.2) is 18.1 Å². The van der Waals surface area contributed by atoms with Gasteiger partial charge < -0.3 is 24.2 Å². The summed E-state index contributed by atoms with van der Waals surface area (Å²) in [5.41, 5.74) is 2.06. The molecule has 5 aromatic rings. The molecule has 0 unspecified atom stereocenters. The number of nitrogens with one attached hydrogen (secondary N) is 2. The third-order valence-electron chi connectivity index (χ3n) is 11.9. The van der Waals surface area contributed by atoms with Gasteiger partial charge in [-0.2, -0.15) is 10.4 Å². The normalized spacial score (nSPS) is 16.8. The number of aryl methyl sites for hydroxylation is 1. The fourth-order valence-electron chi connectivity index (χ4n) is 8.30. The van der Waals surface area contributed by atoms with Gasteiger partial charge in [0, 0.05) is 82.8 Å². The summed E-state index contributed by atoms with van der Waals surface area (Å²) in [4.78, 5) is 47.2. The fraction of sp³-hybridized carbons (Fsp3) is 0.442. The van der Waals surface area contributed by atoms with Gasteiger partial charge in [0.15, 0.2) is 17.4 Å². The Bertz CT molecular complexity index is 2510. The van der Waals surface area contributed by atoms with Gasteiger partial charge in [0.1, 0.15) is 23.2 Å². The lowest BCUT2D eigenvalue weighted by molar-refractivity contribution is -0.125. The van der Waals surface area contributed by atoms with Crippen LogP contribution in [0.15, 0.2) is 53.6 Å². The summed E-state index contributed by atoms with van der Waals surface area (Å²) < 4.78 is 45.2. The Balaban J connectivity index is 0.960. The van der Waals surface area contributed by atoms with Crippen molar-refractivity contribution in [3.05, 3.63) is 76.3 Å². The maximum absolute atomic E-state index is 15.8. The average Bonchev–Trinajstić information content (AvgIpc) is 3.57. The largest absolute Gasteiger partial charge is 0.453 e. The smallest absolute Gasteiger partial charge is 0.261 e.